The molecular weight excluding hydrogens is 130 g/mol. The quantitative estimate of drug-likeness (QED) is 0.503. The lowest BCUT2D eigenvalue weighted by molar-refractivity contribution is -0.276. The fourth-order valence-corrected chi connectivity index (χ4v) is 0.697. The second kappa shape index (κ2) is 1.64. The molecule has 2 nitrogen and oxygen atoms in total. The average molecular weight is 138 g/mol. The van der Waals surface area contributed by atoms with Crippen LogP contribution in [0.3, 0.4) is 0 Å². The highest BCUT2D eigenvalue weighted by atomic mass is 19.2. The maximum Gasteiger partial charge on any atom is 0.320 e. The van der Waals surface area contributed by atoms with Crippen LogP contribution in [0.5, 0.6) is 0 Å². The lowest BCUT2D eigenvalue weighted by Gasteiger charge is -2.13. The van der Waals surface area contributed by atoms with Crippen LogP contribution in [0.25, 0.3) is 0 Å². The third kappa shape index (κ3) is 1.59. The van der Waals surface area contributed by atoms with Crippen LogP contribution >= 0.6 is 0 Å². The number of halogens is 2. The predicted molar refractivity (Wildman–Crippen MR) is 26.1 cm³/mol. The molecule has 0 bridgehead atoms. The van der Waals surface area contributed by atoms with E-state index in [4.69, 9.17) is 0 Å². The van der Waals surface area contributed by atoms with Gasteiger partial charge in [0, 0.05) is 6.92 Å². The van der Waals surface area contributed by atoms with Crippen LogP contribution in [-0.2, 0) is 9.47 Å². The van der Waals surface area contributed by atoms with E-state index in [0.717, 1.165) is 13.8 Å². The normalized spacial score (nSPS) is 52.0. The van der Waals surface area contributed by atoms with Crippen LogP contribution in [0, 0.1) is 0 Å². The van der Waals surface area contributed by atoms with Gasteiger partial charge >= 0.3 is 6.04 Å². The first-order valence-electron chi connectivity index (χ1n) is 2.63. The van der Waals surface area contributed by atoms with E-state index in [9.17, 15) is 8.78 Å². The summed E-state index contributed by atoms with van der Waals surface area (Å²) in [5.41, 5.74) is 0. The van der Waals surface area contributed by atoms with Crippen LogP contribution in [0.4, 0.5) is 8.78 Å². The van der Waals surface area contributed by atoms with Crippen LogP contribution < -0.4 is 0 Å². The molecule has 1 saturated heterocycles. The van der Waals surface area contributed by atoms with E-state index in [1.807, 2.05) is 0 Å². The molecule has 0 spiro atoms. The van der Waals surface area contributed by atoms with Gasteiger partial charge in [-0.25, -0.2) is 4.39 Å². The first-order valence-corrected chi connectivity index (χ1v) is 2.63. The number of ether oxygens (including phenoxy) is 2. The number of hydrogen-bond donors (Lipinski definition) is 0. The zero-order valence-electron chi connectivity index (χ0n) is 5.28. The summed E-state index contributed by atoms with van der Waals surface area (Å²) in [6, 6.07) is -2.25. The minimum absolute atomic E-state index is 0.347. The number of alkyl halides is 2. The second-order valence-corrected chi connectivity index (χ2v) is 2.33. The average Bonchev–Trinajstić information content (AvgIpc) is 1.78. The molecule has 1 fully saturated rings. The van der Waals surface area contributed by atoms with E-state index in [-0.39, 0.29) is 6.61 Å². The highest BCUT2D eigenvalue weighted by Crippen LogP contribution is 2.32. The van der Waals surface area contributed by atoms with Gasteiger partial charge in [-0.1, -0.05) is 0 Å². The molecule has 0 aromatic heterocycles. The monoisotopic (exact) mass is 138 g/mol. The Morgan fingerprint density at radius 3 is 2.00 bits per heavy atom. The van der Waals surface area contributed by atoms with Crippen LogP contribution in [0.15, 0.2) is 0 Å². The first kappa shape index (κ1) is 6.89. The van der Waals surface area contributed by atoms with Crippen molar-refractivity contribution in [3.63, 3.8) is 0 Å². The van der Waals surface area contributed by atoms with Gasteiger partial charge in [0.15, 0.2) is 0 Å². The van der Waals surface area contributed by atoms with Crippen LogP contribution in [-0.4, -0.2) is 18.5 Å². The van der Waals surface area contributed by atoms with Gasteiger partial charge in [-0.2, -0.15) is 4.39 Å². The molecule has 54 valence electrons. The van der Waals surface area contributed by atoms with E-state index in [1.165, 1.54) is 0 Å². The van der Waals surface area contributed by atoms with Gasteiger partial charge in [-0.15, -0.1) is 0 Å². The van der Waals surface area contributed by atoms with Crippen molar-refractivity contribution >= 4 is 0 Å². The maximum absolute atomic E-state index is 12.5. The van der Waals surface area contributed by atoms with Crippen molar-refractivity contribution < 1.29 is 18.3 Å². The summed E-state index contributed by atoms with van der Waals surface area (Å²) in [6.07, 6.45) is 0. The molecule has 0 aliphatic carbocycles. The van der Waals surface area contributed by atoms with Crippen LogP contribution in [0.2, 0.25) is 0 Å². The Hall–Kier alpha value is -0.220. The minimum Gasteiger partial charge on any atom is -0.318 e. The molecular formula is C5H8F2O2. The Balaban J connectivity index is 2.58. The zero-order valence-corrected chi connectivity index (χ0v) is 5.28. The van der Waals surface area contributed by atoms with Gasteiger partial charge in [-0.3, -0.25) is 4.74 Å². The van der Waals surface area contributed by atoms with Crippen molar-refractivity contribution in [3.8, 4) is 0 Å². The summed E-state index contributed by atoms with van der Waals surface area (Å²) in [5, 5.41) is 0. The van der Waals surface area contributed by atoms with E-state index >= 15 is 0 Å². The Morgan fingerprint density at radius 2 is 1.89 bits per heavy atom. The van der Waals surface area contributed by atoms with E-state index in [2.05, 4.69) is 9.47 Å². The molecule has 2 unspecified atom stereocenters. The number of rotatable bonds is 0. The summed E-state index contributed by atoms with van der Waals surface area (Å²) < 4.78 is 33.4. The molecule has 9 heavy (non-hydrogen) atoms. The van der Waals surface area contributed by atoms with Crippen molar-refractivity contribution in [2.75, 3.05) is 6.61 Å². The Morgan fingerprint density at radius 1 is 1.33 bits per heavy atom. The third-order valence-electron chi connectivity index (χ3n) is 0.983. The largest absolute Gasteiger partial charge is 0.320 e. The summed E-state index contributed by atoms with van der Waals surface area (Å²) >= 11 is 0. The fraction of sp³-hybridized carbons (Fsp3) is 1.00. The molecule has 1 aliphatic heterocycles. The van der Waals surface area contributed by atoms with Crippen molar-refractivity contribution in [2.24, 2.45) is 0 Å². The molecule has 1 aliphatic rings. The van der Waals surface area contributed by atoms with E-state index in [0.29, 0.717) is 0 Å². The smallest absolute Gasteiger partial charge is 0.318 e. The van der Waals surface area contributed by atoms with Crippen molar-refractivity contribution in [2.45, 2.75) is 25.7 Å². The molecule has 1 heterocycles. The first-order chi connectivity index (χ1) is 3.91. The molecule has 0 aromatic carbocycles. The lowest BCUT2D eigenvalue weighted by Crippen LogP contribution is -2.24. The van der Waals surface area contributed by atoms with E-state index < -0.39 is 11.9 Å². The van der Waals surface area contributed by atoms with E-state index in [1.54, 1.807) is 0 Å². The topological polar surface area (TPSA) is 18.5 Å². The molecule has 0 amide bonds. The van der Waals surface area contributed by atoms with Crippen molar-refractivity contribution in [1.82, 2.24) is 0 Å². The third-order valence-corrected chi connectivity index (χ3v) is 0.983. The van der Waals surface area contributed by atoms with Crippen LogP contribution in [0.1, 0.15) is 13.8 Å². The van der Waals surface area contributed by atoms with Gasteiger partial charge in [-0.05, 0) is 6.92 Å². The predicted octanol–water partition coefficient (Wildman–Crippen LogP) is 1.36. The second-order valence-electron chi connectivity index (χ2n) is 2.33. The summed E-state index contributed by atoms with van der Waals surface area (Å²) in [7, 11) is 0. The van der Waals surface area contributed by atoms with Gasteiger partial charge in [0.2, 0.25) is 5.85 Å². The fourth-order valence-electron chi connectivity index (χ4n) is 0.697. The highest BCUT2D eigenvalue weighted by molar-refractivity contribution is 4.69. The number of hydrogen-bond acceptors (Lipinski definition) is 2. The van der Waals surface area contributed by atoms with Crippen molar-refractivity contribution in [1.29, 1.82) is 0 Å². The molecule has 0 N–H and O–H groups in total. The van der Waals surface area contributed by atoms with Gasteiger partial charge < -0.3 is 4.74 Å². The highest BCUT2D eigenvalue weighted by Gasteiger charge is 2.45. The molecule has 0 saturated carbocycles. The molecule has 0 aromatic rings. The SMILES string of the molecule is CC1(F)COC(C)(F)O1. The Bertz CT molecular complexity index is 108. The van der Waals surface area contributed by atoms with Gasteiger partial charge in [0.05, 0.1) is 0 Å². The molecule has 4 heteroatoms. The summed E-state index contributed by atoms with van der Waals surface area (Å²) in [5.74, 6) is -1.97. The van der Waals surface area contributed by atoms with Gasteiger partial charge in [0.25, 0.3) is 0 Å². The Kier molecular flexibility index (Phi) is 1.25. The lowest BCUT2D eigenvalue weighted by atomic mass is 10.4. The minimum atomic E-state index is -2.25. The van der Waals surface area contributed by atoms with Gasteiger partial charge in [0.1, 0.15) is 6.61 Å². The maximum atomic E-state index is 12.5. The Labute approximate surface area is 51.8 Å². The zero-order chi connectivity index (χ0) is 7.12. The van der Waals surface area contributed by atoms with Crippen molar-refractivity contribution in [3.05, 3.63) is 0 Å². The standard InChI is InChI=1S/C5H8F2O2/c1-4(6)3-8-5(2,7)9-4/h3H2,1-2H3. The summed E-state index contributed by atoms with van der Waals surface area (Å²) in [4.78, 5) is 0. The molecule has 2 atom stereocenters. The molecule has 0 radical (unpaired) electrons. The molecule has 1 rings (SSSR count). The summed E-state index contributed by atoms with van der Waals surface area (Å²) in [6.45, 7) is 1.80.